The number of carbonyl (C=O) groups is 1. The molecular weight excluding hydrogens is 340 g/mol. The van der Waals surface area contributed by atoms with Crippen molar-refractivity contribution in [3.8, 4) is 5.75 Å². The molecule has 1 aromatic heterocycles. The zero-order valence-corrected chi connectivity index (χ0v) is 15.7. The normalized spacial score (nSPS) is 10.8. The zero-order chi connectivity index (χ0) is 19.1. The lowest BCUT2D eigenvalue weighted by Crippen LogP contribution is -2.38. The smallest absolute Gasteiger partial charge is 0.241 e. The molecule has 5 nitrogen and oxygen atoms in total. The highest BCUT2D eigenvalue weighted by Crippen LogP contribution is 2.18. The molecule has 0 N–H and O–H groups in total. The van der Waals surface area contributed by atoms with Crippen LogP contribution in [-0.4, -0.2) is 31.5 Å². The Bertz CT molecular complexity index is 830. The van der Waals surface area contributed by atoms with Gasteiger partial charge < -0.3 is 14.1 Å². The zero-order valence-electron chi connectivity index (χ0n) is 15.7. The summed E-state index contributed by atoms with van der Waals surface area (Å²) in [7, 11) is 3.59. The third-order valence-corrected chi connectivity index (χ3v) is 4.28. The van der Waals surface area contributed by atoms with Gasteiger partial charge in [-0.15, -0.1) is 0 Å². The maximum atomic E-state index is 13.0. The summed E-state index contributed by atoms with van der Waals surface area (Å²) >= 11 is 0. The Morgan fingerprint density at radius 1 is 0.963 bits per heavy atom. The van der Waals surface area contributed by atoms with Crippen molar-refractivity contribution >= 4 is 11.6 Å². The standard InChI is InChI=1S/C22H24N2O3/c1-23(15-18-10-12-20(26-2)13-11-18)17-22(25)24(16-21-9-6-14-27-21)19-7-4-3-5-8-19/h3-14H,15-17H2,1-2H3. The van der Waals surface area contributed by atoms with Crippen molar-refractivity contribution in [3.05, 3.63) is 84.3 Å². The maximum Gasteiger partial charge on any atom is 0.241 e. The molecule has 0 aliphatic carbocycles. The average Bonchev–Trinajstić information content (AvgIpc) is 3.20. The highest BCUT2D eigenvalue weighted by atomic mass is 16.5. The first-order valence-electron chi connectivity index (χ1n) is 8.85. The molecule has 0 fully saturated rings. The van der Waals surface area contributed by atoms with Crippen molar-refractivity contribution < 1.29 is 13.9 Å². The first-order valence-corrected chi connectivity index (χ1v) is 8.85. The van der Waals surface area contributed by atoms with Crippen LogP contribution in [0.25, 0.3) is 0 Å². The Kier molecular flexibility index (Phi) is 6.28. The maximum absolute atomic E-state index is 13.0. The van der Waals surface area contributed by atoms with Crippen molar-refractivity contribution in [1.82, 2.24) is 4.90 Å². The van der Waals surface area contributed by atoms with Gasteiger partial charge >= 0.3 is 0 Å². The first-order chi connectivity index (χ1) is 13.2. The van der Waals surface area contributed by atoms with E-state index in [0.29, 0.717) is 19.6 Å². The monoisotopic (exact) mass is 364 g/mol. The van der Waals surface area contributed by atoms with Crippen LogP contribution in [0.15, 0.2) is 77.4 Å². The number of amides is 1. The third-order valence-electron chi connectivity index (χ3n) is 4.28. The number of methoxy groups -OCH3 is 1. The third kappa shape index (κ3) is 5.21. The lowest BCUT2D eigenvalue weighted by molar-refractivity contribution is -0.119. The first kappa shape index (κ1) is 18.7. The summed E-state index contributed by atoms with van der Waals surface area (Å²) in [6, 6.07) is 21.3. The number of likely N-dealkylation sites (N-methyl/N-ethyl adjacent to an activating group) is 1. The van der Waals surface area contributed by atoms with Gasteiger partial charge in [0.2, 0.25) is 5.91 Å². The summed E-state index contributed by atoms with van der Waals surface area (Å²) in [5.41, 5.74) is 1.99. The molecule has 0 unspecified atom stereocenters. The molecule has 0 saturated heterocycles. The van der Waals surface area contributed by atoms with Gasteiger partial charge in [-0.05, 0) is 49.0 Å². The van der Waals surface area contributed by atoms with E-state index in [1.165, 1.54) is 0 Å². The summed E-state index contributed by atoms with van der Waals surface area (Å²) in [6.07, 6.45) is 1.62. The molecule has 1 heterocycles. The van der Waals surface area contributed by atoms with E-state index in [-0.39, 0.29) is 5.91 Å². The number of rotatable bonds is 8. The summed E-state index contributed by atoms with van der Waals surface area (Å²) in [6.45, 7) is 1.40. The minimum Gasteiger partial charge on any atom is -0.497 e. The van der Waals surface area contributed by atoms with E-state index in [1.54, 1.807) is 18.3 Å². The van der Waals surface area contributed by atoms with E-state index < -0.39 is 0 Å². The second-order valence-electron chi connectivity index (χ2n) is 6.42. The molecule has 0 atom stereocenters. The molecule has 0 radical (unpaired) electrons. The number of ether oxygens (including phenoxy) is 1. The fraction of sp³-hybridized carbons (Fsp3) is 0.227. The minimum atomic E-state index is 0.0219. The number of carbonyl (C=O) groups excluding carboxylic acids is 1. The second kappa shape index (κ2) is 9.05. The van der Waals surface area contributed by atoms with Crippen LogP contribution < -0.4 is 9.64 Å². The van der Waals surface area contributed by atoms with Gasteiger partial charge in [0.05, 0.1) is 26.5 Å². The molecule has 0 bridgehead atoms. The quantitative estimate of drug-likeness (QED) is 0.607. The Hall–Kier alpha value is -3.05. The molecule has 2 aromatic carbocycles. The second-order valence-corrected chi connectivity index (χ2v) is 6.42. The van der Waals surface area contributed by atoms with Gasteiger partial charge in [-0.25, -0.2) is 0 Å². The van der Waals surface area contributed by atoms with Crippen molar-refractivity contribution in [3.63, 3.8) is 0 Å². The highest BCUT2D eigenvalue weighted by Gasteiger charge is 2.19. The topological polar surface area (TPSA) is 45.9 Å². The van der Waals surface area contributed by atoms with Gasteiger partial charge in [0.25, 0.3) is 0 Å². The Balaban J connectivity index is 1.67. The minimum absolute atomic E-state index is 0.0219. The number of benzene rings is 2. The van der Waals surface area contributed by atoms with Gasteiger partial charge in [0, 0.05) is 12.2 Å². The molecule has 5 heteroatoms. The molecule has 1 amide bonds. The summed E-state index contributed by atoms with van der Waals surface area (Å²) < 4.78 is 10.6. The van der Waals surface area contributed by atoms with Crippen molar-refractivity contribution in [2.24, 2.45) is 0 Å². The molecule has 0 aliphatic heterocycles. The van der Waals surface area contributed by atoms with E-state index in [2.05, 4.69) is 0 Å². The molecule has 0 spiro atoms. The number of hydrogen-bond donors (Lipinski definition) is 0. The van der Waals surface area contributed by atoms with Crippen LogP contribution in [0.1, 0.15) is 11.3 Å². The van der Waals surface area contributed by atoms with E-state index in [9.17, 15) is 4.79 Å². The fourth-order valence-electron chi connectivity index (χ4n) is 2.90. The lowest BCUT2D eigenvalue weighted by atomic mass is 10.2. The number of anilines is 1. The van der Waals surface area contributed by atoms with E-state index in [4.69, 9.17) is 9.15 Å². The van der Waals surface area contributed by atoms with Crippen molar-refractivity contribution in [1.29, 1.82) is 0 Å². The molecule has 0 aliphatic rings. The van der Waals surface area contributed by atoms with Crippen molar-refractivity contribution in [2.45, 2.75) is 13.1 Å². The Labute approximate surface area is 159 Å². The predicted molar refractivity (Wildman–Crippen MR) is 106 cm³/mol. The summed E-state index contributed by atoms with van der Waals surface area (Å²) in [4.78, 5) is 16.7. The molecular formula is C22H24N2O3. The van der Waals surface area contributed by atoms with Crippen LogP contribution in [0, 0.1) is 0 Å². The van der Waals surface area contributed by atoms with Gasteiger partial charge in [-0.3, -0.25) is 9.69 Å². The average molecular weight is 364 g/mol. The van der Waals surface area contributed by atoms with Crippen LogP contribution in [0.2, 0.25) is 0 Å². The van der Waals surface area contributed by atoms with Gasteiger partial charge in [-0.2, -0.15) is 0 Å². The van der Waals surface area contributed by atoms with Crippen LogP contribution >= 0.6 is 0 Å². The van der Waals surface area contributed by atoms with Gasteiger partial charge in [-0.1, -0.05) is 30.3 Å². The Morgan fingerprint density at radius 2 is 1.70 bits per heavy atom. The van der Waals surface area contributed by atoms with E-state index in [0.717, 1.165) is 22.8 Å². The summed E-state index contributed by atoms with van der Waals surface area (Å²) in [5.74, 6) is 1.60. The number of hydrogen-bond acceptors (Lipinski definition) is 4. The predicted octanol–water partition coefficient (Wildman–Crippen LogP) is 3.95. The highest BCUT2D eigenvalue weighted by molar-refractivity contribution is 5.94. The molecule has 3 aromatic rings. The largest absolute Gasteiger partial charge is 0.497 e. The number of para-hydroxylation sites is 1. The molecule has 3 rings (SSSR count). The number of nitrogens with zero attached hydrogens (tertiary/aromatic N) is 2. The van der Waals surface area contributed by atoms with E-state index >= 15 is 0 Å². The van der Waals surface area contributed by atoms with Crippen molar-refractivity contribution in [2.75, 3.05) is 25.6 Å². The molecule has 0 saturated carbocycles. The summed E-state index contributed by atoms with van der Waals surface area (Å²) in [5, 5.41) is 0. The molecule has 27 heavy (non-hydrogen) atoms. The lowest BCUT2D eigenvalue weighted by Gasteiger charge is -2.25. The molecule has 140 valence electrons. The van der Waals surface area contributed by atoms with Crippen LogP contribution in [0.5, 0.6) is 5.75 Å². The van der Waals surface area contributed by atoms with Crippen LogP contribution in [0.3, 0.4) is 0 Å². The van der Waals surface area contributed by atoms with Gasteiger partial charge in [0.15, 0.2) is 0 Å². The SMILES string of the molecule is COc1ccc(CN(C)CC(=O)N(Cc2ccco2)c2ccccc2)cc1. The van der Waals surface area contributed by atoms with E-state index in [1.807, 2.05) is 78.7 Å². The van der Waals surface area contributed by atoms with Crippen LogP contribution in [-0.2, 0) is 17.9 Å². The van der Waals surface area contributed by atoms with Crippen LogP contribution in [0.4, 0.5) is 5.69 Å². The fourth-order valence-corrected chi connectivity index (χ4v) is 2.90. The Morgan fingerprint density at radius 3 is 2.33 bits per heavy atom. The van der Waals surface area contributed by atoms with Gasteiger partial charge in [0.1, 0.15) is 11.5 Å². The number of furan rings is 1.